The lowest BCUT2D eigenvalue weighted by molar-refractivity contribution is -0.157. The topological polar surface area (TPSA) is 61.8 Å². The normalized spacial score (nSPS) is 11.4. The molecule has 0 saturated carbocycles. The molecule has 1 aromatic rings. The molecule has 0 saturated heterocycles. The summed E-state index contributed by atoms with van der Waals surface area (Å²) in [6, 6.07) is 7.47. The molecular weight excluding hydrogens is 272 g/mol. The number of rotatable bonds is 7. The molecule has 0 aliphatic rings. The molecule has 0 radical (unpaired) electrons. The minimum absolute atomic E-state index is 0.0723. The van der Waals surface area contributed by atoms with Crippen molar-refractivity contribution in [3.05, 3.63) is 42.0 Å². The van der Waals surface area contributed by atoms with Gasteiger partial charge in [-0.15, -0.1) is 0 Å². The van der Waals surface area contributed by atoms with Crippen molar-refractivity contribution in [1.82, 2.24) is 0 Å². The molecule has 21 heavy (non-hydrogen) atoms. The molecular formula is C16H20O5. The van der Waals surface area contributed by atoms with Gasteiger partial charge < -0.3 is 14.2 Å². The number of carbonyl (C=O) groups excluding carboxylic acids is 2. The van der Waals surface area contributed by atoms with Crippen LogP contribution in [-0.2, 0) is 19.1 Å². The van der Waals surface area contributed by atoms with Crippen LogP contribution in [0.3, 0.4) is 0 Å². The van der Waals surface area contributed by atoms with Crippen LogP contribution in [0.15, 0.2) is 36.4 Å². The Hall–Kier alpha value is -2.30. The monoisotopic (exact) mass is 292 g/mol. The third kappa shape index (κ3) is 6.61. The molecule has 1 atom stereocenters. The first-order valence-electron chi connectivity index (χ1n) is 6.58. The van der Waals surface area contributed by atoms with Crippen LogP contribution in [0.25, 0.3) is 0 Å². The van der Waals surface area contributed by atoms with Crippen molar-refractivity contribution in [3.8, 4) is 5.75 Å². The molecule has 0 aromatic heterocycles. The predicted molar refractivity (Wildman–Crippen MR) is 78.0 cm³/mol. The first kappa shape index (κ1) is 16.8. The van der Waals surface area contributed by atoms with Gasteiger partial charge in [-0.05, 0) is 26.0 Å². The lowest BCUT2D eigenvalue weighted by Crippen LogP contribution is -2.30. The van der Waals surface area contributed by atoms with Gasteiger partial charge in [-0.1, -0.05) is 24.3 Å². The van der Waals surface area contributed by atoms with E-state index in [1.807, 2.05) is 31.2 Å². The second-order valence-electron chi connectivity index (χ2n) is 4.73. The van der Waals surface area contributed by atoms with Gasteiger partial charge in [0, 0.05) is 12.5 Å². The van der Waals surface area contributed by atoms with Crippen LogP contribution in [0, 0.1) is 6.92 Å². The summed E-state index contributed by atoms with van der Waals surface area (Å²) in [5.74, 6) is -0.328. The van der Waals surface area contributed by atoms with Crippen molar-refractivity contribution in [1.29, 1.82) is 0 Å². The molecule has 5 nitrogen and oxygen atoms in total. The maximum absolute atomic E-state index is 11.3. The number of aryl methyl sites for hydroxylation is 1. The van der Waals surface area contributed by atoms with Crippen LogP contribution < -0.4 is 4.74 Å². The standard InChI is InChI=1S/C16H20O5/c1-11(2)16(18)20-10-15(21-13(4)17)9-19-14-7-5-12(3)6-8-14/h5-8,15H,1,9-10H2,2-4H3. The van der Waals surface area contributed by atoms with Crippen molar-refractivity contribution in [2.45, 2.75) is 26.9 Å². The highest BCUT2D eigenvalue weighted by atomic mass is 16.6. The van der Waals surface area contributed by atoms with Crippen LogP contribution >= 0.6 is 0 Å². The summed E-state index contributed by atoms with van der Waals surface area (Å²) in [6.07, 6.45) is -0.660. The smallest absolute Gasteiger partial charge is 0.333 e. The third-order valence-corrected chi connectivity index (χ3v) is 2.54. The molecule has 5 heteroatoms. The maximum Gasteiger partial charge on any atom is 0.333 e. The van der Waals surface area contributed by atoms with Crippen molar-refractivity contribution < 1.29 is 23.8 Å². The zero-order chi connectivity index (χ0) is 15.8. The summed E-state index contributed by atoms with van der Waals surface area (Å²) in [6.45, 7) is 8.33. The molecule has 0 fully saturated rings. The largest absolute Gasteiger partial charge is 0.490 e. The van der Waals surface area contributed by atoms with Crippen molar-refractivity contribution in [3.63, 3.8) is 0 Å². The average molecular weight is 292 g/mol. The Morgan fingerprint density at radius 1 is 1.14 bits per heavy atom. The quantitative estimate of drug-likeness (QED) is 0.570. The zero-order valence-corrected chi connectivity index (χ0v) is 12.5. The summed E-state index contributed by atoms with van der Waals surface area (Å²) in [7, 11) is 0. The summed E-state index contributed by atoms with van der Waals surface area (Å²) >= 11 is 0. The number of esters is 2. The van der Waals surface area contributed by atoms with Gasteiger partial charge in [-0.2, -0.15) is 0 Å². The SMILES string of the molecule is C=C(C)C(=O)OCC(COc1ccc(C)cc1)OC(C)=O. The van der Waals surface area contributed by atoms with Gasteiger partial charge in [-0.3, -0.25) is 4.79 Å². The van der Waals surface area contributed by atoms with E-state index in [2.05, 4.69) is 6.58 Å². The highest BCUT2D eigenvalue weighted by molar-refractivity contribution is 5.86. The average Bonchev–Trinajstić information content (AvgIpc) is 2.42. The molecule has 0 heterocycles. The molecule has 0 N–H and O–H groups in total. The minimum Gasteiger partial charge on any atom is -0.490 e. The van der Waals surface area contributed by atoms with E-state index < -0.39 is 18.0 Å². The minimum atomic E-state index is -0.660. The summed E-state index contributed by atoms with van der Waals surface area (Å²) in [5, 5.41) is 0. The van der Waals surface area contributed by atoms with Crippen LogP contribution in [-0.4, -0.2) is 31.3 Å². The van der Waals surface area contributed by atoms with Crippen LogP contribution in [0.5, 0.6) is 5.75 Å². The molecule has 1 aromatic carbocycles. The molecule has 0 aliphatic heterocycles. The highest BCUT2D eigenvalue weighted by Crippen LogP contribution is 2.12. The van der Waals surface area contributed by atoms with Crippen LogP contribution in [0.4, 0.5) is 0 Å². The first-order chi connectivity index (χ1) is 9.88. The van der Waals surface area contributed by atoms with E-state index in [1.54, 1.807) is 6.92 Å². The van der Waals surface area contributed by atoms with E-state index in [1.165, 1.54) is 6.92 Å². The van der Waals surface area contributed by atoms with Crippen molar-refractivity contribution in [2.24, 2.45) is 0 Å². The van der Waals surface area contributed by atoms with Gasteiger partial charge in [-0.25, -0.2) is 4.79 Å². The highest BCUT2D eigenvalue weighted by Gasteiger charge is 2.16. The lowest BCUT2D eigenvalue weighted by atomic mass is 10.2. The number of hydrogen-bond acceptors (Lipinski definition) is 5. The van der Waals surface area contributed by atoms with Crippen LogP contribution in [0.2, 0.25) is 0 Å². The Bertz CT molecular complexity index is 504. The Balaban J connectivity index is 2.53. The molecule has 0 bridgehead atoms. The Morgan fingerprint density at radius 3 is 2.29 bits per heavy atom. The summed E-state index contributed by atoms with van der Waals surface area (Å²) in [5.41, 5.74) is 1.41. The molecule has 0 aliphatic carbocycles. The number of carbonyl (C=O) groups is 2. The molecule has 1 unspecified atom stereocenters. The van der Waals surface area contributed by atoms with E-state index in [-0.39, 0.29) is 18.8 Å². The maximum atomic E-state index is 11.3. The van der Waals surface area contributed by atoms with Gasteiger partial charge in [0.25, 0.3) is 0 Å². The van der Waals surface area contributed by atoms with Crippen molar-refractivity contribution in [2.75, 3.05) is 13.2 Å². The Morgan fingerprint density at radius 2 is 1.76 bits per heavy atom. The van der Waals surface area contributed by atoms with Gasteiger partial charge in [0.2, 0.25) is 0 Å². The summed E-state index contributed by atoms with van der Waals surface area (Å²) in [4.78, 5) is 22.4. The van der Waals surface area contributed by atoms with E-state index in [9.17, 15) is 9.59 Å². The first-order valence-corrected chi connectivity index (χ1v) is 6.58. The van der Waals surface area contributed by atoms with E-state index in [0.717, 1.165) is 5.56 Å². The van der Waals surface area contributed by atoms with Gasteiger partial charge in [0.1, 0.15) is 19.0 Å². The number of hydrogen-bond donors (Lipinski definition) is 0. The summed E-state index contributed by atoms with van der Waals surface area (Å²) < 4.78 is 15.6. The molecule has 1 rings (SSSR count). The van der Waals surface area contributed by atoms with Crippen molar-refractivity contribution >= 4 is 11.9 Å². The Kier molecular flexibility index (Phi) is 6.46. The second kappa shape index (κ2) is 8.09. The van der Waals surface area contributed by atoms with E-state index in [4.69, 9.17) is 14.2 Å². The molecule has 0 spiro atoms. The lowest BCUT2D eigenvalue weighted by Gasteiger charge is -2.17. The molecule has 0 amide bonds. The number of benzene rings is 1. The fourth-order valence-electron chi connectivity index (χ4n) is 1.47. The van der Waals surface area contributed by atoms with Gasteiger partial charge >= 0.3 is 11.9 Å². The van der Waals surface area contributed by atoms with E-state index >= 15 is 0 Å². The fraction of sp³-hybridized carbons (Fsp3) is 0.375. The van der Waals surface area contributed by atoms with Gasteiger partial charge in [0.15, 0.2) is 6.10 Å². The number of ether oxygens (including phenoxy) is 3. The zero-order valence-electron chi connectivity index (χ0n) is 12.5. The predicted octanol–water partition coefficient (Wildman–Crippen LogP) is 2.42. The van der Waals surface area contributed by atoms with Crippen LogP contribution in [0.1, 0.15) is 19.4 Å². The van der Waals surface area contributed by atoms with E-state index in [0.29, 0.717) is 5.75 Å². The van der Waals surface area contributed by atoms with Gasteiger partial charge in [0.05, 0.1) is 0 Å². The fourth-order valence-corrected chi connectivity index (χ4v) is 1.47. The third-order valence-electron chi connectivity index (χ3n) is 2.54. The Labute approximate surface area is 124 Å². The second-order valence-corrected chi connectivity index (χ2v) is 4.73. The molecule has 114 valence electrons.